The van der Waals surface area contributed by atoms with Crippen molar-refractivity contribution in [3.8, 4) is 0 Å². The van der Waals surface area contributed by atoms with Crippen LogP contribution in [0.3, 0.4) is 0 Å². The summed E-state index contributed by atoms with van der Waals surface area (Å²) in [6.45, 7) is 2.27. The lowest BCUT2D eigenvalue weighted by Crippen LogP contribution is -2.55. The van der Waals surface area contributed by atoms with Gasteiger partial charge in [0.05, 0.1) is 19.0 Å². The van der Waals surface area contributed by atoms with Gasteiger partial charge in [0.1, 0.15) is 6.04 Å². The first-order chi connectivity index (χ1) is 7.03. The van der Waals surface area contributed by atoms with Crippen LogP contribution in [0.15, 0.2) is 0 Å². The van der Waals surface area contributed by atoms with E-state index in [1.54, 1.807) is 6.92 Å². The lowest BCUT2D eigenvalue weighted by atomic mass is 10.2. The fourth-order valence-corrected chi connectivity index (χ4v) is 2.69. The molecule has 88 valence electrons. The van der Waals surface area contributed by atoms with Gasteiger partial charge in [-0.1, -0.05) is 0 Å². The Morgan fingerprint density at radius 3 is 2.80 bits per heavy atom. The van der Waals surface area contributed by atoms with Crippen molar-refractivity contribution in [2.75, 3.05) is 32.6 Å². The molecule has 0 radical (unpaired) electrons. The highest BCUT2D eigenvalue weighted by molar-refractivity contribution is 7.89. The maximum Gasteiger partial charge on any atom is 0.240 e. The van der Waals surface area contributed by atoms with Gasteiger partial charge in [-0.3, -0.25) is 4.79 Å². The number of morpholine rings is 1. The van der Waals surface area contributed by atoms with Gasteiger partial charge in [0, 0.05) is 13.6 Å². The molecule has 1 rings (SSSR count). The highest BCUT2D eigenvalue weighted by atomic mass is 32.2. The van der Waals surface area contributed by atoms with Gasteiger partial charge < -0.3 is 10.1 Å². The first kappa shape index (κ1) is 12.4. The van der Waals surface area contributed by atoms with Crippen LogP contribution >= 0.6 is 0 Å². The summed E-state index contributed by atoms with van der Waals surface area (Å²) in [6.07, 6.45) is 0. The molecule has 0 aromatic carbocycles. The summed E-state index contributed by atoms with van der Waals surface area (Å²) in [7, 11) is -1.85. The van der Waals surface area contributed by atoms with Crippen molar-refractivity contribution in [1.29, 1.82) is 0 Å². The molecular weight excluding hydrogens is 220 g/mol. The van der Waals surface area contributed by atoms with Crippen LogP contribution in [0.2, 0.25) is 0 Å². The number of ether oxygens (including phenoxy) is 1. The smallest absolute Gasteiger partial charge is 0.240 e. The molecule has 0 bridgehead atoms. The molecule has 0 aromatic rings. The third-order valence-electron chi connectivity index (χ3n) is 2.35. The third-order valence-corrected chi connectivity index (χ3v) is 4.23. The molecule has 0 aromatic heterocycles. The summed E-state index contributed by atoms with van der Waals surface area (Å²) < 4.78 is 29.7. The lowest BCUT2D eigenvalue weighted by Gasteiger charge is -2.32. The van der Waals surface area contributed by atoms with Gasteiger partial charge in [0.25, 0.3) is 0 Å². The van der Waals surface area contributed by atoms with Gasteiger partial charge in [-0.25, -0.2) is 8.42 Å². The molecular formula is C8H16N2O4S. The number of hydrogen-bond donors (Lipinski definition) is 1. The molecule has 1 fully saturated rings. The zero-order valence-corrected chi connectivity index (χ0v) is 9.71. The standard InChI is InChI=1S/C8H16N2O4S/c1-3-15(12,13)10-4-5-14-6-7(10)8(11)9-2/h7H,3-6H2,1-2H3,(H,9,11). The third kappa shape index (κ3) is 2.67. The zero-order valence-electron chi connectivity index (χ0n) is 8.89. The minimum absolute atomic E-state index is 0.000490. The van der Waals surface area contributed by atoms with Crippen LogP contribution in [0.25, 0.3) is 0 Å². The number of likely N-dealkylation sites (N-methyl/N-ethyl adjacent to an activating group) is 1. The van der Waals surface area contributed by atoms with Gasteiger partial charge >= 0.3 is 0 Å². The maximum atomic E-state index is 11.7. The predicted octanol–water partition coefficient (Wildman–Crippen LogP) is -1.22. The molecule has 1 saturated heterocycles. The number of nitrogens with one attached hydrogen (secondary N) is 1. The number of carbonyl (C=O) groups excluding carboxylic acids is 1. The van der Waals surface area contributed by atoms with E-state index in [-0.39, 0.29) is 24.8 Å². The number of rotatable bonds is 3. The second-order valence-electron chi connectivity index (χ2n) is 3.22. The van der Waals surface area contributed by atoms with E-state index in [4.69, 9.17) is 4.74 Å². The van der Waals surface area contributed by atoms with Crippen molar-refractivity contribution in [3.63, 3.8) is 0 Å². The topological polar surface area (TPSA) is 75.7 Å². The van der Waals surface area contributed by atoms with Crippen LogP contribution in [0.1, 0.15) is 6.92 Å². The lowest BCUT2D eigenvalue weighted by molar-refractivity contribution is -0.128. The Balaban J connectivity index is 2.88. The van der Waals surface area contributed by atoms with Crippen LogP contribution in [0.5, 0.6) is 0 Å². The van der Waals surface area contributed by atoms with Crippen LogP contribution in [-0.2, 0) is 19.6 Å². The molecule has 6 nitrogen and oxygen atoms in total. The molecule has 1 N–H and O–H groups in total. The molecule has 0 spiro atoms. The molecule has 1 atom stereocenters. The maximum absolute atomic E-state index is 11.7. The van der Waals surface area contributed by atoms with Crippen LogP contribution in [0.4, 0.5) is 0 Å². The molecule has 1 amide bonds. The Hall–Kier alpha value is -0.660. The largest absolute Gasteiger partial charge is 0.378 e. The average molecular weight is 236 g/mol. The Kier molecular flexibility index (Phi) is 4.06. The van der Waals surface area contributed by atoms with E-state index in [1.165, 1.54) is 11.4 Å². The number of carbonyl (C=O) groups is 1. The summed E-state index contributed by atoms with van der Waals surface area (Å²) in [4.78, 5) is 11.4. The minimum atomic E-state index is -3.33. The minimum Gasteiger partial charge on any atom is -0.378 e. The van der Waals surface area contributed by atoms with Crippen LogP contribution < -0.4 is 5.32 Å². The first-order valence-corrected chi connectivity index (χ1v) is 6.42. The SMILES string of the molecule is CCS(=O)(=O)N1CCOCC1C(=O)NC. The van der Waals surface area contributed by atoms with E-state index in [0.29, 0.717) is 6.61 Å². The van der Waals surface area contributed by atoms with E-state index in [2.05, 4.69) is 5.32 Å². The average Bonchev–Trinajstić information content (AvgIpc) is 2.28. The summed E-state index contributed by atoms with van der Waals surface area (Å²) in [5.41, 5.74) is 0. The van der Waals surface area contributed by atoms with E-state index in [1.807, 2.05) is 0 Å². The second-order valence-corrected chi connectivity index (χ2v) is 5.43. The molecule has 1 unspecified atom stereocenters. The van der Waals surface area contributed by atoms with Gasteiger partial charge in [-0.2, -0.15) is 4.31 Å². The van der Waals surface area contributed by atoms with E-state index >= 15 is 0 Å². The Morgan fingerprint density at radius 1 is 1.60 bits per heavy atom. The molecule has 0 saturated carbocycles. The Bertz CT molecular complexity index is 328. The van der Waals surface area contributed by atoms with E-state index < -0.39 is 16.1 Å². The van der Waals surface area contributed by atoms with Gasteiger partial charge in [0.2, 0.25) is 15.9 Å². The van der Waals surface area contributed by atoms with Crippen molar-refractivity contribution >= 4 is 15.9 Å². The van der Waals surface area contributed by atoms with Crippen molar-refractivity contribution in [1.82, 2.24) is 9.62 Å². The number of hydrogen-bond acceptors (Lipinski definition) is 4. The quantitative estimate of drug-likeness (QED) is 0.666. The van der Waals surface area contributed by atoms with Gasteiger partial charge in [0.15, 0.2) is 0 Å². The van der Waals surface area contributed by atoms with E-state index in [9.17, 15) is 13.2 Å². The molecule has 1 aliphatic heterocycles. The molecule has 15 heavy (non-hydrogen) atoms. The van der Waals surface area contributed by atoms with Crippen LogP contribution in [-0.4, -0.2) is 57.2 Å². The highest BCUT2D eigenvalue weighted by Crippen LogP contribution is 2.12. The summed E-state index contributed by atoms with van der Waals surface area (Å²) in [6, 6.07) is -0.728. The van der Waals surface area contributed by atoms with Crippen LogP contribution in [0, 0.1) is 0 Å². The fraction of sp³-hybridized carbons (Fsp3) is 0.875. The molecule has 7 heteroatoms. The molecule has 1 aliphatic rings. The number of sulfonamides is 1. The highest BCUT2D eigenvalue weighted by Gasteiger charge is 2.35. The fourth-order valence-electron chi connectivity index (χ4n) is 1.46. The van der Waals surface area contributed by atoms with Crippen molar-refractivity contribution in [2.45, 2.75) is 13.0 Å². The number of nitrogens with zero attached hydrogens (tertiary/aromatic N) is 1. The van der Waals surface area contributed by atoms with Gasteiger partial charge in [-0.05, 0) is 6.92 Å². The second kappa shape index (κ2) is 4.91. The van der Waals surface area contributed by atoms with Crippen molar-refractivity contribution in [3.05, 3.63) is 0 Å². The normalized spacial score (nSPS) is 23.7. The monoisotopic (exact) mass is 236 g/mol. The summed E-state index contributed by atoms with van der Waals surface area (Å²) >= 11 is 0. The zero-order chi connectivity index (χ0) is 11.5. The Morgan fingerprint density at radius 2 is 2.27 bits per heavy atom. The van der Waals surface area contributed by atoms with Crippen molar-refractivity contribution in [2.24, 2.45) is 0 Å². The predicted molar refractivity (Wildman–Crippen MR) is 54.8 cm³/mol. The number of amides is 1. The molecule has 0 aliphatic carbocycles. The molecule has 1 heterocycles. The summed E-state index contributed by atoms with van der Waals surface area (Å²) in [5, 5.41) is 2.44. The van der Waals surface area contributed by atoms with Crippen molar-refractivity contribution < 1.29 is 17.9 Å². The van der Waals surface area contributed by atoms with Gasteiger partial charge in [-0.15, -0.1) is 0 Å². The summed E-state index contributed by atoms with van der Waals surface area (Å²) in [5.74, 6) is -0.327. The Labute approximate surface area is 89.6 Å². The first-order valence-electron chi connectivity index (χ1n) is 4.81. The van der Waals surface area contributed by atoms with E-state index in [0.717, 1.165) is 0 Å².